The third kappa shape index (κ3) is 3.53. The van der Waals surface area contributed by atoms with E-state index in [9.17, 15) is 4.79 Å². The van der Waals surface area contributed by atoms with Crippen LogP contribution in [-0.4, -0.2) is 48.6 Å². The molecule has 1 amide bonds. The van der Waals surface area contributed by atoms with Gasteiger partial charge >= 0.3 is 0 Å². The maximum absolute atomic E-state index is 11.7. The van der Waals surface area contributed by atoms with Crippen LogP contribution in [0.2, 0.25) is 0 Å². The van der Waals surface area contributed by atoms with Crippen molar-refractivity contribution in [2.45, 2.75) is 82.0 Å². The third-order valence-corrected chi connectivity index (χ3v) is 5.30. The highest BCUT2D eigenvalue weighted by molar-refractivity contribution is 5.76. The maximum atomic E-state index is 11.7. The fourth-order valence-corrected chi connectivity index (χ4v) is 4.03. The maximum Gasteiger partial charge on any atom is 0.220 e. The van der Waals surface area contributed by atoms with Gasteiger partial charge < -0.3 is 10.6 Å². The van der Waals surface area contributed by atoms with E-state index in [1.165, 1.54) is 44.9 Å². The second kappa shape index (κ2) is 6.44. The van der Waals surface area contributed by atoms with E-state index in [2.05, 4.69) is 22.6 Å². The average molecular weight is 279 g/mol. The van der Waals surface area contributed by atoms with E-state index in [1.807, 2.05) is 0 Å². The van der Waals surface area contributed by atoms with Crippen LogP contribution >= 0.6 is 0 Å². The molecule has 2 saturated heterocycles. The molecule has 1 aliphatic carbocycles. The Morgan fingerprint density at radius 3 is 2.40 bits per heavy atom. The van der Waals surface area contributed by atoms with Gasteiger partial charge in [0.2, 0.25) is 5.91 Å². The first kappa shape index (κ1) is 14.3. The molecule has 3 fully saturated rings. The number of nitrogens with zero attached hydrogens (tertiary/aromatic N) is 1. The Hall–Kier alpha value is -0.610. The van der Waals surface area contributed by atoms with E-state index in [0.717, 1.165) is 25.0 Å². The lowest BCUT2D eigenvalue weighted by molar-refractivity contribution is -0.121. The van der Waals surface area contributed by atoms with Gasteiger partial charge in [0.1, 0.15) is 0 Å². The largest absolute Gasteiger partial charge is 0.353 e. The Balaban J connectivity index is 1.43. The van der Waals surface area contributed by atoms with Gasteiger partial charge in [-0.2, -0.15) is 0 Å². The molecule has 20 heavy (non-hydrogen) atoms. The van der Waals surface area contributed by atoms with E-state index >= 15 is 0 Å². The average Bonchev–Trinajstić information content (AvgIpc) is 3.22. The minimum Gasteiger partial charge on any atom is -0.353 e. The number of rotatable bonds is 6. The number of amides is 1. The Bertz CT molecular complexity index is 329. The zero-order valence-electron chi connectivity index (χ0n) is 12.7. The van der Waals surface area contributed by atoms with Gasteiger partial charge in [0.05, 0.1) is 0 Å². The summed E-state index contributed by atoms with van der Waals surface area (Å²) in [7, 11) is 2.10. The molecule has 0 radical (unpaired) electrons. The first-order chi connectivity index (χ1) is 9.76. The van der Waals surface area contributed by atoms with E-state index in [1.54, 1.807) is 0 Å². The van der Waals surface area contributed by atoms with Crippen molar-refractivity contribution in [3.05, 3.63) is 0 Å². The molecule has 0 spiro atoms. The molecule has 1 saturated carbocycles. The molecule has 2 unspecified atom stereocenters. The van der Waals surface area contributed by atoms with Crippen LogP contribution < -0.4 is 10.6 Å². The summed E-state index contributed by atoms with van der Waals surface area (Å²) in [6.45, 7) is 1.11. The van der Waals surface area contributed by atoms with Crippen molar-refractivity contribution < 1.29 is 4.79 Å². The van der Waals surface area contributed by atoms with Gasteiger partial charge in [0.15, 0.2) is 0 Å². The van der Waals surface area contributed by atoms with Gasteiger partial charge in [-0.25, -0.2) is 0 Å². The number of carbonyl (C=O) groups is 1. The number of nitrogens with one attached hydrogen (secondary N) is 2. The second-order valence-electron chi connectivity index (χ2n) is 6.88. The highest BCUT2D eigenvalue weighted by Crippen LogP contribution is 2.34. The highest BCUT2D eigenvalue weighted by Gasteiger charge is 2.37. The molecular formula is C16H29N3O. The van der Waals surface area contributed by atoms with E-state index in [0.29, 0.717) is 18.5 Å². The lowest BCUT2D eigenvalue weighted by Gasteiger charge is -2.49. The second-order valence-corrected chi connectivity index (χ2v) is 6.88. The van der Waals surface area contributed by atoms with Crippen molar-refractivity contribution in [1.29, 1.82) is 0 Å². The first-order valence-electron chi connectivity index (χ1n) is 8.48. The summed E-state index contributed by atoms with van der Waals surface area (Å²) in [5.74, 6) is 0.266. The predicted octanol–water partition coefficient (Wildman–Crippen LogP) is 1.65. The molecule has 2 heterocycles. The number of carbonyl (C=O) groups excluding carboxylic acids is 1. The summed E-state index contributed by atoms with van der Waals surface area (Å²) in [5, 5.41) is 6.56. The lowest BCUT2D eigenvalue weighted by atomic mass is 9.81. The Morgan fingerprint density at radius 2 is 1.80 bits per heavy atom. The molecule has 4 nitrogen and oxygen atoms in total. The third-order valence-electron chi connectivity index (χ3n) is 5.30. The molecule has 0 aromatic heterocycles. The van der Waals surface area contributed by atoms with Gasteiger partial charge in [-0.1, -0.05) is 6.42 Å². The van der Waals surface area contributed by atoms with Crippen molar-refractivity contribution in [3.8, 4) is 0 Å². The quantitative estimate of drug-likeness (QED) is 0.777. The van der Waals surface area contributed by atoms with Crippen molar-refractivity contribution in [1.82, 2.24) is 15.5 Å². The smallest absolute Gasteiger partial charge is 0.220 e. The minimum absolute atomic E-state index is 0.266. The molecule has 4 heteroatoms. The van der Waals surface area contributed by atoms with Gasteiger partial charge in [-0.3, -0.25) is 9.69 Å². The molecular weight excluding hydrogens is 250 g/mol. The normalized spacial score (nSPS) is 34.0. The zero-order chi connectivity index (χ0) is 13.9. The van der Waals surface area contributed by atoms with Crippen LogP contribution in [0.5, 0.6) is 0 Å². The Morgan fingerprint density at radius 1 is 1.10 bits per heavy atom. The number of hydrogen-bond acceptors (Lipinski definition) is 3. The van der Waals surface area contributed by atoms with Crippen LogP contribution in [0.15, 0.2) is 0 Å². The topological polar surface area (TPSA) is 44.4 Å². The highest BCUT2D eigenvalue weighted by atomic mass is 16.1. The SMILES string of the molecule is CNC1CC2CCCC(C1)N2CCCC(=O)NC1CC1. The summed E-state index contributed by atoms with van der Waals surface area (Å²) in [6, 6.07) is 2.73. The van der Waals surface area contributed by atoms with Crippen LogP contribution in [0.25, 0.3) is 0 Å². The van der Waals surface area contributed by atoms with Crippen molar-refractivity contribution in [3.63, 3.8) is 0 Å². The van der Waals surface area contributed by atoms with Crippen LogP contribution in [-0.2, 0) is 4.79 Å². The molecule has 2 N–H and O–H groups in total. The summed E-state index contributed by atoms with van der Waals surface area (Å²) in [6.07, 6.45) is 10.8. The monoisotopic (exact) mass is 279 g/mol. The van der Waals surface area contributed by atoms with E-state index in [-0.39, 0.29) is 5.91 Å². The van der Waals surface area contributed by atoms with Crippen LogP contribution in [0.3, 0.4) is 0 Å². The van der Waals surface area contributed by atoms with Crippen LogP contribution in [0, 0.1) is 0 Å². The van der Waals surface area contributed by atoms with Crippen molar-refractivity contribution >= 4 is 5.91 Å². The summed E-state index contributed by atoms with van der Waals surface area (Å²) in [4.78, 5) is 14.5. The van der Waals surface area contributed by atoms with Gasteiger partial charge in [-0.05, 0) is 58.5 Å². The van der Waals surface area contributed by atoms with Gasteiger partial charge in [0.25, 0.3) is 0 Å². The minimum atomic E-state index is 0.266. The molecule has 2 atom stereocenters. The summed E-state index contributed by atoms with van der Waals surface area (Å²) < 4.78 is 0. The predicted molar refractivity (Wildman–Crippen MR) is 80.6 cm³/mol. The number of piperidine rings is 2. The zero-order valence-corrected chi connectivity index (χ0v) is 12.7. The van der Waals surface area contributed by atoms with Gasteiger partial charge in [0, 0.05) is 30.6 Å². The molecule has 3 aliphatic rings. The first-order valence-corrected chi connectivity index (χ1v) is 8.48. The van der Waals surface area contributed by atoms with Crippen molar-refractivity contribution in [2.75, 3.05) is 13.6 Å². The van der Waals surface area contributed by atoms with E-state index < -0.39 is 0 Å². The fourth-order valence-electron chi connectivity index (χ4n) is 4.03. The molecule has 0 aromatic rings. The summed E-state index contributed by atoms with van der Waals surface area (Å²) >= 11 is 0. The number of fused-ring (bicyclic) bond motifs is 2. The van der Waals surface area contributed by atoms with Crippen molar-refractivity contribution in [2.24, 2.45) is 0 Å². The molecule has 0 aromatic carbocycles. The standard InChI is InChI=1S/C16H29N3O/c1-17-13-10-14-4-2-5-15(11-13)19(14)9-3-6-16(20)18-12-7-8-12/h12-15,17H,2-11H2,1H3,(H,18,20). The molecule has 3 rings (SSSR count). The van der Waals surface area contributed by atoms with Gasteiger partial charge in [-0.15, -0.1) is 0 Å². The fraction of sp³-hybridized carbons (Fsp3) is 0.938. The molecule has 2 bridgehead atoms. The van der Waals surface area contributed by atoms with Crippen LogP contribution in [0.1, 0.15) is 57.8 Å². The number of hydrogen-bond donors (Lipinski definition) is 2. The molecule has 2 aliphatic heterocycles. The summed E-state index contributed by atoms with van der Waals surface area (Å²) in [5.41, 5.74) is 0. The Labute approximate surface area is 122 Å². The lowest BCUT2D eigenvalue weighted by Crippen LogP contribution is -2.56. The molecule has 114 valence electrons. The van der Waals surface area contributed by atoms with Crippen LogP contribution in [0.4, 0.5) is 0 Å². The van der Waals surface area contributed by atoms with E-state index in [4.69, 9.17) is 0 Å². The Kier molecular flexibility index (Phi) is 4.61.